The zero-order valence-corrected chi connectivity index (χ0v) is 14.8. The third-order valence-electron chi connectivity index (χ3n) is 5.59. The van der Waals surface area contributed by atoms with E-state index in [1.165, 1.54) is 12.4 Å². The van der Waals surface area contributed by atoms with Crippen molar-refractivity contribution in [3.8, 4) is 0 Å². The number of nitrogens with zero attached hydrogens (tertiary/aromatic N) is 3. The van der Waals surface area contributed by atoms with Gasteiger partial charge in [-0.2, -0.15) is 5.10 Å². The number of hydrogen-bond acceptors (Lipinski definition) is 4. The molecule has 1 aromatic heterocycles. The van der Waals surface area contributed by atoms with E-state index >= 15 is 0 Å². The van der Waals surface area contributed by atoms with Crippen molar-refractivity contribution in [2.45, 2.75) is 37.7 Å². The molecule has 1 saturated heterocycles. The molecular formula is C19H23FN4O2. The topological polar surface area (TPSA) is 71.1 Å². The normalized spacial score (nSPS) is 23.8. The van der Waals surface area contributed by atoms with E-state index < -0.39 is 5.41 Å². The maximum Gasteiger partial charge on any atom is 0.228 e. The first-order chi connectivity index (χ1) is 12.6. The van der Waals surface area contributed by atoms with Crippen molar-refractivity contribution in [3.63, 3.8) is 0 Å². The van der Waals surface area contributed by atoms with Gasteiger partial charge in [0.1, 0.15) is 18.0 Å². The van der Waals surface area contributed by atoms with Gasteiger partial charge in [-0.05, 0) is 37.3 Å². The Labute approximate surface area is 151 Å². The molecule has 1 aliphatic carbocycles. The molecule has 0 radical (unpaired) electrons. The molecule has 0 spiro atoms. The number of carbonyl (C=O) groups is 1. The molecule has 2 atom stereocenters. The summed E-state index contributed by atoms with van der Waals surface area (Å²) in [6.45, 7) is 1.15. The molecule has 138 valence electrons. The van der Waals surface area contributed by atoms with E-state index in [1.807, 2.05) is 13.1 Å². The predicted octanol–water partition coefficient (Wildman–Crippen LogP) is 2.30. The molecule has 1 saturated carbocycles. The van der Waals surface area contributed by atoms with E-state index in [4.69, 9.17) is 4.74 Å². The number of benzene rings is 1. The molecule has 2 heterocycles. The SMILES string of the molecule is CN(C[C@H]1OCC[C@H]1c1ncn[nH]1)C(=O)C1(Cc2ccccc2F)CC1. The Hall–Kier alpha value is -2.28. The van der Waals surface area contributed by atoms with Crippen LogP contribution in [0, 0.1) is 11.2 Å². The van der Waals surface area contributed by atoms with Gasteiger partial charge in [0.15, 0.2) is 0 Å². The number of nitrogens with one attached hydrogen (secondary N) is 1. The summed E-state index contributed by atoms with van der Waals surface area (Å²) >= 11 is 0. The van der Waals surface area contributed by atoms with Crippen molar-refractivity contribution in [1.29, 1.82) is 0 Å². The predicted molar refractivity (Wildman–Crippen MR) is 92.9 cm³/mol. The molecule has 7 heteroatoms. The highest BCUT2D eigenvalue weighted by molar-refractivity contribution is 5.85. The van der Waals surface area contributed by atoms with Crippen molar-refractivity contribution in [1.82, 2.24) is 20.1 Å². The van der Waals surface area contributed by atoms with Crippen molar-refractivity contribution >= 4 is 5.91 Å². The third kappa shape index (κ3) is 3.23. The van der Waals surface area contributed by atoms with Gasteiger partial charge in [-0.3, -0.25) is 9.89 Å². The monoisotopic (exact) mass is 358 g/mol. The van der Waals surface area contributed by atoms with Crippen LogP contribution in [-0.2, 0) is 16.0 Å². The minimum atomic E-state index is -0.461. The first-order valence-electron chi connectivity index (χ1n) is 9.05. The van der Waals surface area contributed by atoms with Gasteiger partial charge in [0, 0.05) is 26.1 Å². The van der Waals surface area contributed by atoms with E-state index in [1.54, 1.807) is 17.0 Å². The molecular weight excluding hydrogens is 335 g/mol. The van der Waals surface area contributed by atoms with E-state index in [9.17, 15) is 9.18 Å². The van der Waals surface area contributed by atoms with Crippen molar-refractivity contribution in [2.24, 2.45) is 5.41 Å². The minimum absolute atomic E-state index is 0.0765. The maximum atomic E-state index is 14.0. The summed E-state index contributed by atoms with van der Waals surface area (Å²) in [5, 5.41) is 6.82. The summed E-state index contributed by atoms with van der Waals surface area (Å²) in [5.74, 6) is 0.765. The molecule has 1 aliphatic heterocycles. The summed E-state index contributed by atoms with van der Waals surface area (Å²) < 4.78 is 19.8. The van der Waals surface area contributed by atoms with Gasteiger partial charge in [-0.15, -0.1) is 0 Å². The summed E-state index contributed by atoms with van der Waals surface area (Å²) in [6, 6.07) is 6.71. The standard InChI is InChI=1S/C19H23FN4O2/c1-24(11-16-14(6-9-26-16)17-21-12-22-23-17)18(25)19(7-8-19)10-13-4-2-3-5-15(13)20/h2-5,12,14,16H,6-11H2,1H3,(H,21,22,23)/t14-,16-/m1/s1. The summed E-state index contributed by atoms with van der Waals surface area (Å²) in [7, 11) is 1.81. The van der Waals surface area contributed by atoms with Crippen LogP contribution < -0.4 is 0 Å². The molecule has 6 nitrogen and oxygen atoms in total. The first-order valence-corrected chi connectivity index (χ1v) is 9.05. The minimum Gasteiger partial charge on any atom is -0.376 e. The lowest BCUT2D eigenvalue weighted by Gasteiger charge is -2.27. The van der Waals surface area contributed by atoms with Crippen LogP contribution in [0.3, 0.4) is 0 Å². The average molecular weight is 358 g/mol. The Morgan fingerprint density at radius 1 is 1.42 bits per heavy atom. The van der Waals surface area contributed by atoms with E-state index in [2.05, 4.69) is 15.2 Å². The number of H-pyrrole nitrogens is 1. The van der Waals surface area contributed by atoms with Crippen molar-refractivity contribution < 1.29 is 13.9 Å². The quantitative estimate of drug-likeness (QED) is 0.860. The molecule has 1 N–H and O–H groups in total. The highest BCUT2D eigenvalue weighted by Gasteiger charge is 2.51. The van der Waals surface area contributed by atoms with E-state index in [0.717, 1.165) is 25.1 Å². The molecule has 1 aromatic carbocycles. The van der Waals surface area contributed by atoms with Crippen LogP contribution in [0.2, 0.25) is 0 Å². The number of halogens is 1. The summed E-state index contributed by atoms with van der Waals surface area (Å²) in [5.41, 5.74) is 0.153. The molecule has 1 amide bonds. The number of likely N-dealkylation sites (N-methyl/N-ethyl adjacent to an activating group) is 1. The van der Waals surface area contributed by atoms with E-state index in [0.29, 0.717) is 25.1 Å². The molecule has 0 unspecified atom stereocenters. The second kappa shape index (κ2) is 6.79. The van der Waals surface area contributed by atoms with Crippen LogP contribution in [0.5, 0.6) is 0 Å². The fraction of sp³-hybridized carbons (Fsp3) is 0.526. The lowest BCUT2D eigenvalue weighted by atomic mass is 9.94. The van der Waals surface area contributed by atoms with Gasteiger partial charge in [0.25, 0.3) is 0 Å². The molecule has 2 aliphatic rings. The molecule has 0 bridgehead atoms. The summed E-state index contributed by atoms with van der Waals surface area (Å²) in [6.07, 6.45) is 4.33. The Bertz CT molecular complexity index is 776. The maximum absolute atomic E-state index is 14.0. The zero-order valence-electron chi connectivity index (χ0n) is 14.8. The fourth-order valence-electron chi connectivity index (χ4n) is 3.92. The Kier molecular flexibility index (Phi) is 4.48. The second-order valence-electron chi connectivity index (χ2n) is 7.41. The fourth-order valence-corrected chi connectivity index (χ4v) is 3.92. The number of hydrogen-bond donors (Lipinski definition) is 1. The Balaban J connectivity index is 1.42. The van der Waals surface area contributed by atoms with Crippen LogP contribution in [-0.4, -0.2) is 52.3 Å². The Morgan fingerprint density at radius 3 is 2.92 bits per heavy atom. The van der Waals surface area contributed by atoms with Crippen molar-refractivity contribution in [3.05, 3.63) is 47.8 Å². The Morgan fingerprint density at radius 2 is 2.23 bits per heavy atom. The van der Waals surface area contributed by atoms with E-state index in [-0.39, 0.29) is 23.7 Å². The van der Waals surface area contributed by atoms with Crippen LogP contribution in [0.1, 0.15) is 36.6 Å². The second-order valence-corrected chi connectivity index (χ2v) is 7.41. The average Bonchev–Trinajstić information content (AvgIpc) is 3.03. The van der Waals surface area contributed by atoms with Gasteiger partial charge >= 0.3 is 0 Å². The molecule has 2 aromatic rings. The van der Waals surface area contributed by atoms with Gasteiger partial charge in [0.05, 0.1) is 11.5 Å². The van der Waals surface area contributed by atoms with Crippen LogP contribution in [0.4, 0.5) is 4.39 Å². The number of aromatic amines is 1. The van der Waals surface area contributed by atoms with Gasteiger partial charge in [0.2, 0.25) is 5.91 Å². The van der Waals surface area contributed by atoms with Gasteiger partial charge in [-0.1, -0.05) is 18.2 Å². The molecule has 26 heavy (non-hydrogen) atoms. The number of ether oxygens (including phenoxy) is 1. The molecule has 2 fully saturated rings. The number of amides is 1. The molecule has 4 rings (SSSR count). The highest BCUT2D eigenvalue weighted by Crippen LogP contribution is 2.50. The number of carbonyl (C=O) groups excluding carboxylic acids is 1. The third-order valence-corrected chi connectivity index (χ3v) is 5.59. The van der Waals surface area contributed by atoms with Crippen LogP contribution in [0.15, 0.2) is 30.6 Å². The summed E-state index contributed by atoms with van der Waals surface area (Å²) in [4.78, 5) is 19.0. The van der Waals surface area contributed by atoms with Gasteiger partial charge in [-0.25, -0.2) is 9.37 Å². The lowest BCUT2D eigenvalue weighted by Crippen LogP contribution is -2.41. The number of rotatable bonds is 6. The van der Waals surface area contributed by atoms with Crippen molar-refractivity contribution in [2.75, 3.05) is 20.2 Å². The first kappa shape index (κ1) is 17.1. The zero-order chi connectivity index (χ0) is 18.1. The number of aromatic nitrogens is 3. The highest BCUT2D eigenvalue weighted by atomic mass is 19.1. The van der Waals surface area contributed by atoms with Crippen LogP contribution >= 0.6 is 0 Å². The van der Waals surface area contributed by atoms with Gasteiger partial charge < -0.3 is 9.64 Å². The van der Waals surface area contributed by atoms with Crippen LogP contribution in [0.25, 0.3) is 0 Å². The smallest absolute Gasteiger partial charge is 0.228 e. The largest absolute Gasteiger partial charge is 0.376 e. The lowest BCUT2D eigenvalue weighted by molar-refractivity contribution is -0.137.